The van der Waals surface area contributed by atoms with Gasteiger partial charge in [0.25, 0.3) is 0 Å². The van der Waals surface area contributed by atoms with Gasteiger partial charge in [-0.1, -0.05) is 36.8 Å². The van der Waals surface area contributed by atoms with Gasteiger partial charge in [0.2, 0.25) is 0 Å². The van der Waals surface area contributed by atoms with Crippen LogP contribution in [0.5, 0.6) is 0 Å². The maximum Gasteiger partial charge on any atom is 0.435 e. The molecule has 0 saturated heterocycles. The molecule has 3 rings (SSSR count). The number of carbonyl (C=O) groups is 1. The van der Waals surface area contributed by atoms with Gasteiger partial charge in [0.1, 0.15) is 6.29 Å². The van der Waals surface area contributed by atoms with Crippen LogP contribution in [0, 0.1) is 5.92 Å². The summed E-state index contributed by atoms with van der Waals surface area (Å²) >= 11 is 0. The molecule has 0 aliphatic heterocycles. The van der Waals surface area contributed by atoms with E-state index in [0.29, 0.717) is 11.6 Å². The van der Waals surface area contributed by atoms with Crippen molar-refractivity contribution in [2.75, 3.05) is 19.4 Å². The molecule has 0 atom stereocenters. The average Bonchev–Trinajstić information content (AvgIpc) is 2.71. The highest BCUT2D eigenvalue weighted by atomic mass is 19.4. The summed E-state index contributed by atoms with van der Waals surface area (Å²) in [5.74, 6) is 0.435. The number of alkyl halides is 3. The van der Waals surface area contributed by atoms with Crippen LogP contribution in [0.2, 0.25) is 0 Å². The topological polar surface area (TPSA) is 70.7 Å². The van der Waals surface area contributed by atoms with Gasteiger partial charge in [-0.3, -0.25) is 0 Å². The van der Waals surface area contributed by atoms with Crippen LogP contribution >= 0.6 is 0 Å². The zero-order chi connectivity index (χ0) is 23.6. The van der Waals surface area contributed by atoms with Gasteiger partial charge in [0.05, 0.1) is 11.4 Å². The number of nitrogens with zero attached hydrogens (tertiary/aromatic N) is 2. The first-order valence-corrected chi connectivity index (χ1v) is 10.3. The molecule has 5 nitrogen and oxygen atoms in total. The second kappa shape index (κ2) is 12.0. The van der Waals surface area contributed by atoms with Crippen LogP contribution in [-0.2, 0) is 11.3 Å². The van der Waals surface area contributed by atoms with Gasteiger partial charge in [-0.15, -0.1) is 0 Å². The van der Waals surface area contributed by atoms with Gasteiger partial charge in [-0.25, -0.2) is 4.99 Å². The van der Waals surface area contributed by atoms with Crippen LogP contribution in [0.3, 0.4) is 0 Å². The predicted octanol–water partition coefficient (Wildman–Crippen LogP) is 5.28. The summed E-state index contributed by atoms with van der Waals surface area (Å²) in [6.45, 7) is 0.739. The summed E-state index contributed by atoms with van der Waals surface area (Å²) in [7, 11) is 3.88. The molecule has 32 heavy (non-hydrogen) atoms. The average molecular weight is 447 g/mol. The normalized spacial score (nSPS) is 14.9. The minimum atomic E-state index is -4.65. The van der Waals surface area contributed by atoms with Gasteiger partial charge in [0.15, 0.2) is 5.71 Å². The second-order valence-electron chi connectivity index (χ2n) is 7.76. The van der Waals surface area contributed by atoms with E-state index in [1.165, 1.54) is 18.6 Å². The van der Waals surface area contributed by atoms with E-state index < -0.39 is 11.9 Å². The number of benzene rings is 2. The first kappa shape index (κ1) is 25.1. The van der Waals surface area contributed by atoms with Crippen molar-refractivity contribution in [1.29, 1.82) is 0 Å². The van der Waals surface area contributed by atoms with E-state index in [9.17, 15) is 18.0 Å². The van der Waals surface area contributed by atoms with Crippen LogP contribution in [0.15, 0.2) is 71.5 Å². The summed E-state index contributed by atoms with van der Waals surface area (Å²) < 4.78 is 40.4. The van der Waals surface area contributed by atoms with Gasteiger partial charge in [-0.2, -0.15) is 13.2 Å². The smallest absolute Gasteiger partial charge is 0.403 e. The van der Waals surface area contributed by atoms with E-state index in [2.05, 4.69) is 10.3 Å². The molecule has 0 radical (unpaired) electrons. The van der Waals surface area contributed by atoms with E-state index in [1.54, 1.807) is 30.3 Å². The summed E-state index contributed by atoms with van der Waals surface area (Å²) in [5, 5.41) is 2.71. The number of rotatable bonds is 7. The van der Waals surface area contributed by atoms with Crippen LogP contribution < -0.4 is 11.1 Å². The lowest BCUT2D eigenvalue weighted by molar-refractivity contribution is -0.113. The molecular formula is C24H29F3N4O. The molecule has 2 aromatic carbocycles. The van der Waals surface area contributed by atoms with Crippen molar-refractivity contribution in [2.45, 2.75) is 32.0 Å². The minimum Gasteiger partial charge on any atom is -0.403 e. The fourth-order valence-electron chi connectivity index (χ4n) is 2.88. The molecule has 8 heteroatoms. The van der Waals surface area contributed by atoms with E-state index in [0.717, 1.165) is 37.4 Å². The lowest BCUT2D eigenvalue weighted by atomic mass is 9.87. The third-order valence-corrected chi connectivity index (χ3v) is 4.76. The van der Waals surface area contributed by atoms with Crippen molar-refractivity contribution >= 4 is 23.4 Å². The first-order chi connectivity index (χ1) is 15.2. The molecule has 0 unspecified atom stereocenters. The third kappa shape index (κ3) is 8.19. The van der Waals surface area contributed by atoms with E-state index in [1.807, 2.05) is 31.1 Å². The Hall–Kier alpha value is -3.13. The van der Waals surface area contributed by atoms with Crippen molar-refractivity contribution in [3.63, 3.8) is 0 Å². The summed E-state index contributed by atoms with van der Waals surface area (Å²) in [5.41, 5.74) is 5.81. The molecule has 1 aliphatic rings. The van der Waals surface area contributed by atoms with Gasteiger partial charge in [0, 0.05) is 24.4 Å². The molecule has 0 heterocycles. The fourth-order valence-corrected chi connectivity index (χ4v) is 2.88. The Morgan fingerprint density at radius 2 is 1.75 bits per heavy atom. The highest BCUT2D eigenvalue weighted by molar-refractivity contribution is 6.07. The molecule has 2 aromatic rings. The number of nitrogens with one attached hydrogen (secondary N) is 1. The zero-order valence-corrected chi connectivity index (χ0v) is 18.3. The van der Waals surface area contributed by atoms with Gasteiger partial charge in [-0.05, 0) is 56.8 Å². The van der Waals surface area contributed by atoms with E-state index in [-0.39, 0.29) is 11.4 Å². The number of aliphatic imine (C=N–C) groups is 1. The van der Waals surface area contributed by atoms with Gasteiger partial charge < -0.3 is 20.7 Å². The van der Waals surface area contributed by atoms with Crippen molar-refractivity contribution in [2.24, 2.45) is 16.6 Å². The van der Waals surface area contributed by atoms with Crippen LogP contribution in [0.1, 0.15) is 24.8 Å². The Morgan fingerprint density at radius 3 is 2.16 bits per heavy atom. The summed E-state index contributed by atoms with van der Waals surface area (Å²) in [4.78, 5) is 15.5. The van der Waals surface area contributed by atoms with Crippen molar-refractivity contribution in [3.8, 4) is 0 Å². The predicted molar refractivity (Wildman–Crippen MR) is 123 cm³/mol. The molecule has 0 bridgehead atoms. The van der Waals surface area contributed by atoms with Crippen LogP contribution in [0.4, 0.5) is 24.5 Å². The standard InChI is InChI=1S/C19H21F3N4.C5H8O/c1-26(2)13-14-8-10-16(11-9-14)24-17(12-23)18(19(20,21)22)25-15-6-4-3-5-7-15;6-4-5-2-1-3-5/h3-12,24H,13,23H2,1-2H3;4-5H,1-3H2/b17-12+,25-18?;. The number of allylic oxidation sites excluding steroid dienone is 1. The lowest BCUT2D eigenvalue weighted by Gasteiger charge is -2.17. The Kier molecular flexibility index (Phi) is 9.46. The Labute approximate surface area is 186 Å². The second-order valence-corrected chi connectivity index (χ2v) is 7.76. The SMILES string of the molecule is CN(C)Cc1ccc(N/C(=C/N)C(=Nc2ccccc2)C(F)(F)F)cc1.O=CC1CCC1. The molecular weight excluding hydrogens is 417 g/mol. The van der Waals surface area contributed by atoms with E-state index in [4.69, 9.17) is 5.73 Å². The number of carbonyl (C=O) groups excluding carboxylic acids is 1. The summed E-state index contributed by atoms with van der Waals surface area (Å²) in [6.07, 6.45) is 0.835. The molecule has 1 aliphatic carbocycles. The first-order valence-electron chi connectivity index (χ1n) is 10.3. The molecule has 172 valence electrons. The third-order valence-electron chi connectivity index (χ3n) is 4.76. The molecule has 3 N–H and O–H groups in total. The Balaban J connectivity index is 0.000000520. The van der Waals surface area contributed by atoms with Crippen molar-refractivity contribution in [3.05, 3.63) is 72.1 Å². The Morgan fingerprint density at radius 1 is 1.12 bits per heavy atom. The largest absolute Gasteiger partial charge is 0.435 e. The number of halogens is 3. The van der Waals surface area contributed by atoms with Crippen LogP contribution in [-0.4, -0.2) is 37.2 Å². The van der Waals surface area contributed by atoms with Crippen molar-refractivity contribution in [1.82, 2.24) is 4.90 Å². The monoisotopic (exact) mass is 446 g/mol. The van der Waals surface area contributed by atoms with Crippen molar-refractivity contribution < 1.29 is 18.0 Å². The lowest BCUT2D eigenvalue weighted by Crippen LogP contribution is -2.29. The number of hydrogen-bond donors (Lipinski definition) is 2. The molecule has 1 fully saturated rings. The fraction of sp³-hybridized carbons (Fsp3) is 0.333. The molecule has 0 amide bonds. The highest BCUT2D eigenvalue weighted by Gasteiger charge is 2.38. The van der Waals surface area contributed by atoms with E-state index >= 15 is 0 Å². The molecule has 1 saturated carbocycles. The van der Waals surface area contributed by atoms with Gasteiger partial charge >= 0.3 is 6.18 Å². The molecule has 0 aromatic heterocycles. The highest BCUT2D eigenvalue weighted by Crippen LogP contribution is 2.27. The maximum absolute atomic E-state index is 13.5. The number of hydrogen-bond acceptors (Lipinski definition) is 5. The zero-order valence-electron chi connectivity index (χ0n) is 18.3. The summed E-state index contributed by atoms with van der Waals surface area (Å²) in [6, 6.07) is 15.0. The number of aldehydes is 1. The number of anilines is 1. The minimum absolute atomic E-state index is 0.197. The number of nitrogens with two attached hydrogens (primary N) is 1. The quantitative estimate of drug-likeness (QED) is 0.448. The molecule has 0 spiro atoms. The number of para-hydroxylation sites is 1. The van der Waals surface area contributed by atoms with Crippen LogP contribution in [0.25, 0.3) is 0 Å². The Bertz CT molecular complexity index is 903. The maximum atomic E-state index is 13.5.